The number of benzene rings is 1. The maximum atomic E-state index is 12.1. The maximum absolute atomic E-state index is 12.1. The van der Waals surface area contributed by atoms with Crippen LogP contribution in [-0.2, 0) is 4.79 Å². The number of nitrogens with zero attached hydrogens (tertiary/aromatic N) is 1. The van der Waals surface area contributed by atoms with E-state index in [9.17, 15) is 9.90 Å². The number of nitrogens with one attached hydrogen (secondary N) is 1. The number of para-hydroxylation sites is 2. The SMILES string of the molecule is CC(C)(C)/C=C/C(=O)Nc1ccccc1N1CCC(CO)CC1. The first kappa shape index (κ1) is 17.5. The van der Waals surface area contributed by atoms with E-state index < -0.39 is 0 Å². The molecule has 23 heavy (non-hydrogen) atoms. The van der Waals surface area contributed by atoms with Crippen molar-refractivity contribution in [2.45, 2.75) is 33.6 Å². The Balaban J connectivity index is 2.06. The molecule has 0 bridgehead atoms. The predicted octanol–water partition coefficient (Wildman–Crippen LogP) is 3.44. The summed E-state index contributed by atoms with van der Waals surface area (Å²) in [4.78, 5) is 14.4. The summed E-state index contributed by atoms with van der Waals surface area (Å²) in [7, 11) is 0. The summed E-state index contributed by atoms with van der Waals surface area (Å²) < 4.78 is 0. The molecule has 0 unspecified atom stereocenters. The van der Waals surface area contributed by atoms with Crippen molar-refractivity contribution >= 4 is 17.3 Å². The van der Waals surface area contributed by atoms with Gasteiger partial charge in [0.05, 0.1) is 11.4 Å². The second-order valence-electron chi connectivity index (χ2n) is 7.32. The molecular formula is C19H28N2O2. The van der Waals surface area contributed by atoms with E-state index in [1.54, 1.807) is 6.08 Å². The first-order chi connectivity index (χ1) is 10.9. The largest absolute Gasteiger partial charge is 0.396 e. The standard InChI is InChI=1S/C19H28N2O2/c1-19(2,3)11-8-18(23)20-16-6-4-5-7-17(16)21-12-9-15(14-22)10-13-21/h4-8,11,15,22H,9-10,12-14H2,1-3H3,(H,20,23)/b11-8+. The van der Waals surface area contributed by atoms with E-state index in [0.29, 0.717) is 5.92 Å². The number of aliphatic hydroxyl groups is 1. The van der Waals surface area contributed by atoms with Gasteiger partial charge < -0.3 is 15.3 Å². The lowest BCUT2D eigenvalue weighted by Crippen LogP contribution is -2.35. The zero-order valence-electron chi connectivity index (χ0n) is 14.4. The van der Waals surface area contributed by atoms with Gasteiger partial charge in [0, 0.05) is 19.7 Å². The Morgan fingerprint density at radius 2 is 1.96 bits per heavy atom. The molecule has 1 heterocycles. The summed E-state index contributed by atoms with van der Waals surface area (Å²) in [6, 6.07) is 7.92. The van der Waals surface area contributed by atoms with Crippen LogP contribution in [0.3, 0.4) is 0 Å². The van der Waals surface area contributed by atoms with Crippen LogP contribution in [0.2, 0.25) is 0 Å². The Morgan fingerprint density at radius 1 is 1.30 bits per heavy atom. The molecule has 0 atom stereocenters. The summed E-state index contributed by atoms with van der Waals surface area (Å²) in [6.45, 7) is 8.29. The van der Waals surface area contributed by atoms with Crippen molar-refractivity contribution in [2.75, 3.05) is 29.9 Å². The molecule has 0 aromatic heterocycles. The van der Waals surface area contributed by atoms with Gasteiger partial charge in [0.15, 0.2) is 0 Å². The first-order valence-electron chi connectivity index (χ1n) is 8.34. The number of allylic oxidation sites excluding steroid dienone is 1. The molecule has 2 rings (SSSR count). The molecule has 1 fully saturated rings. The summed E-state index contributed by atoms with van der Waals surface area (Å²) in [5, 5.41) is 12.3. The quantitative estimate of drug-likeness (QED) is 0.837. The number of hydrogen-bond donors (Lipinski definition) is 2. The second kappa shape index (κ2) is 7.64. The van der Waals surface area contributed by atoms with E-state index in [1.807, 2.05) is 30.3 Å². The Bertz CT molecular complexity index is 553. The van der Waals surface area contributed by atoms with Gasteiger partial charge in [0.2, 0.25) is 5.91 Å². The smallest absolute Gasteiger partial charge is 0.248 e. The van der Waals surface area contributed by atoms with E-state index in [4.69, 9.17) is 0 Å². The third-order valence-corrected chi connectivity index (χ3v) is 4.11. The topological polar surface area (TPSA) is 52.6 Å². The van der Waals surface area contributed by atoms with Crippen LogP contribution in [0.15, 0.2) is 36.4 Å². The average molecular weight is 316 g/mol. The molecule has 126 valence electrons. The number of hydrogen-bond acceptors (Lipinski definition) is 3. The lowest BCUT2D eigenvalue weighted by atomic mass is 9.96. The van der Waals surface area contributed by atoms with Crippen molar-refractivity contribution in [3.63, 3.8) is 0 Å². The van der Waals surface area contributed by atoms with Crippen LogP contribution in [0.4, 0.5) is 11.4 Å². The minimum absolute atomic E-state index is 0.0109. The highest BCUT2D eigenvalue weighted by Gasteiger charge is 2.20. The first-order valence-corrected chi connectivity index (χ1v) is 8.34. The van der Waals surface area contributed by atoms with Crippen molar-refractivity contribution in [3.05, 3.63) is 36.4 Å². The number of anilines is 2. The van der Waals surface area contributed by atoms with Gasteiger partial charge >= 0.3 is 0 Å². The minimum Gasteiger partial charge on any atom is -0.396 e. The summed E-state index contributed by atoms with van der Waals surface area (Å²) in [6.07, 6.45) is 5.50. The predicted molar refractivity (Wildman–Crippen MR) is 95.7 cm³/mol. The van der Waals surface area contributed by atoms with Gasteiger partial charge in [0.1, 0.15) is 0 Å². The number of rotatable bonds is 4. The van der Waals surface area contributed by atoms with Gasteiger partial charge in [-0.05, 0) is 42.4 Å². The van der Waals surface area contributed by atoms with Crippen LogP contribution in [0.1, 0.15) is 33.6 Å². The van der Waals surface area contributed by atoms with Crippen molar-refractivity contribution in [3.8, 4) is 0 Å². The number of carbonyl (C=O) groups is 1. The van der Waals surface area contributed by atoms with E-state index in [1.165, 1.54) is 0 Å². The molecule has 1 aliphatic heterocycles. The average Bonchev–Trinajstić information content (AvgIpc) is 2.53. The van der Waals surface area contributed by atoms with Crippen LogP contribution >= 0.6 is 0 Å². The number of carbonyl (C=O) groups excluding carboxylic acids is 1. The molecule has 1 amide bonds. The molecule has 1 aromatic rings. The highest BCUT2D eigenvalue weighted by atomic mass is 16.3. The maximum Gasteiger partial charge on any atom is 0.248 e. The molecule has 2 N–H and O–H groups in total. The molecule has 0 spiro atoms. The lowest BCUT2D eigenvalue weighted by molar-refractivity contribution is -0.112. The lowest BCUT2D eigenvalue weighted by Gasteiger charge is -2.34. The zero-order valence-corrected chi connectivity index (χ0v) is 14.4. The molecule has 1 aromatic carbocycles. The van der Waals surface area contributed by atoms with E-state index >= 15 is 0 Å². The van der Waals surface area contributed by atoms with Gasteiger partial charge in [-0.3, -0.25) is 4.79 Å². The number of piperidine rings is 1. The fraction of sp³-hybridized carbons (Fsp3) is 0.526. The van der Waals surface area contributed by atoms with Crippen molar-refractivity contribution in [1.82, 2.24) is 0 Å². The highest BCUT2D eigenvalue weighted by Crippen LogP contribution is 2.29. The Hall–Kier alpha value is -1.81. The summed E-state index contributed by atoms with van der Waals surface area (Å²) >= 11 is 0. The molecule has 1 saturated heterocycles. The fourth-order valence-electron chi connectivity index (χ4n) is 2.71. The van der Waals surface area contributed by atoms with E-state index in [-0.39, 0.29) is 17.9 Å². The van der Waals surface area contributed by atoms with E-state index in [0.717, 1.165) is 37.3 Å². The van der Waals surface area contributed by atoms with Crippen LogP contribution in [-0.4, -0.2) is 30.7 Å². The van der Waals surface area contributed by atoms with E-state index in [2.05, 4.69) is 31.0 Å². The molecule has 0 radical (unpaired) electrons. The third kappa shape index (κ3) is 5.39. The summed E-state index contributed by atoms with van der Waals surface area (Å²) in [5.74, 6) is 0.306. The molecule has 0 aliphatic carbocycles. The van der Waals surface area contributed by atoms with Gasteiger partial charge in [0.25, 0.3) is 0 Å². The Morgan fingerprint density at radius 3 is 2.57 bits per heavy atom. The normalized spacial score (nSPS) is 16.8. The summed E-state index contributed by atoms with van der Waals surface area (Å²) in [5.41, 5.74) is 1.89. The van der Waals surface area contributed by atoms with Gasteiger partial charge in [-0.15, -0.1) is 0 Å². The van der Waals surface area contributed by atoms with Crippen molar-refractivity contribution < 1.29 is 9.90 Å². The number of amides is 1. The van der Waals surface area contributed by atoms with Crippen molar-refractivity contribution in [1.29, 1.82) is 0 Å². The fourth-order valence-corrected chi connectivity index (χ4v) is 2.71. The van der Waals surface area contributed by atoms with Crippen LogP contribution < -0.4 is 10.2 Å². The van der Waals surface area contributed by atoms with Gasteiger partial charge in [-0.25, -0.2) is 0 Å². The number of aliphatic hydroxyl groups excluding tert-OH is 1. The highest BCUT2D eigenvalue weighted by molar-refractivity contribution is 6.01. The Labute approximate surface area is 139 Å². The zero-order chi connectivity index (χ0) is 16.9. The molecule has 4 heteroatoms. The van der Waals surface area contributed by atoms with Gasteiger partial charge in [-0.2, -0.15) is 0 Å². The molecule has 1 aliphatic rings. The monoisotopic (exact) mass is 316 g/mol. The second-order valence-corrected chi connectivity index (χ2v) is 7.32. The minimum atomic E-state index is -0.0994. The van der Waals surface area contributed by atoms with Crippen LogP contribution in [0.5, 0.6) is 0 Å². The molecular weight excluding hydrogens is 288 g/mol. The van der Waals surface area contributed by atoms with Crippen molar-refractivity contribution in [2.24, 2.45) is 11.3 Å². The van der Waals surface area contributed by atoms with Crippen LogP contribution in [0.25, 0.3) is 0 Å². The van der Waals surface area contributed by atoms with Crippen LogP contribution in [0, 0.1) is 11.3 Å². The molecule has 0 saturated carbocycles. The molecule has 4 nitrogen and oxygen atoms in total. The van der Waals surface area contributed by atoms with Gasteiger partial charge in [-0.1, -0.05) is 39.0 Å². The third-order valence-electron chi connectivity index (χ3n) is 4.11. The Kier molecular flexibility index (Phi) is 5.83.